The van der Waals surface area contributed by atoms with Crippen molar-refractivity contribution in [1.82, 2.24) is 4.90 Å². The smallest absolute Gasteiger partial charge is 0.261 e. The number of sulfonamides is 1. The quantitative estimate of drug-likeness (QED) is 0.677. The van der Waals surface area contributed by atoms with E-state index < -0.39 is 10.0 Å². The first-order valence-corrected chi connectivity index (χ1v) is 11.5. The van der Waals surface area contributed by atoms with Crippen LogP contribution in [0.2, 0.25) is 0 Å². The highest BCUT2D eigenvalue weighted by Crippen LogP contribution is 2.22. The van der Waals surface area contributed by atoms with Crippen molar-refractivity contribution in [3.8, 4) is 5.75 Å². The fraction of sp³-hybridized carbons (Fsp3) is 0.364. The number of likely N-dealkylation sites (tertiary alicyclic amines) is 1. The number of piperidine rings is 1. The van der Waals surface area contributed by atoms with Gasteiger partial charge in [-0.25, -0.2) is 8.42 Å². The fourth-order valence-electron chi connectivity index (χ4n) is 3.61. The molecule has 2 aromatic carbocycles. The van der Waals surface area contributed by atoms with Crippen LogP contribution in [0.3, 0.4) is 0 Å². The zero-order chi connectivity index (χ0) is 22.6. The highest BCUT2D eigenvalue weighted by atomic mass is 32.2. The zero-order valence-corrected chi connectivity index (χ0v) is 18.4. The minimum atomic E-state index is -3.74. The number of nitrogens with two attached hydrogens (primary N) is 1. The lowest BCUT2D eigenvalue weighted by Crippen LogP contribution is -2.43. The summed E-state index contributed by atoms with van der Waals surface area (Å²) in [6, 6.07) is 11.4. The van der Waals surface area contributed by atoms with Gasteiger partial charge in [-0.15, -0.1) is 0 Å². The fourth-order valence-corrected chi connectivity index (χ4v) is 4.65. The van der Waals surface area contributed by atoms with Crippen LogP contribution in [0.25, 0.3) is 0 Å². The summed E-state index contributed by atoms with van der Waals surface area (Å²) in [7, 11) is -3.74. The van der Waals surface area contributed by atoms with Crippen LogP contribution < -0.4 is 15.2 Å². The molecule has 1 aliphatic heterocycles. The number of hydrogen-bond donors (Lipinski definition) is 2. The second-order valence-corrected chi connectivity index (χ2v) is 9.48. The van der Waals surface area contributed by atoms with Crippen LogP contribution in [0, 0.1) is 19.8 Å². The van der Waals surface area contributed by atoms with E-state index in [1.54, 1.807) is 17.0 Å². The van der Waals surface area contributed by atoms with Gasteiger partial charge in [0.05, 0.1) is 4.90 Å². The van der Waals surface area contributed by atoms with E-state index in [0.717, 1.165) is 11.1 Å². The molecule has 2 amide bonds. The summed E-state index contributed by atoms with van der Waals surface area (Å²) in [6.45, 7) is 4.58. The number of ether oxygens (including phenoxy) is 1. The Labute approximate surface area is 182 Å². The highest BCUT2D eigenvalue weighted by Gasteiger charge is 2.26. The monoisotopic (exact) mass is 445 g/mol. The summed E-state index contributed by atoms with van der Waals surface area (Å²) in [5.41, 5.74) is 7.74. The molecule has 1 heterocycles. The number of nitrogens with zero attached hydrogens (tertiary/aromatic N) is 1. The number of primary amides is 1. The summed E-state index contributed by atoms with van der Waals surface area (Å²) in [6.07, 6.45) is 1.11. The molecule has 166 valence electrons. The molecule has 31 heavy (non-hydrogen) atoms. The van der Waals surface area contributed by atoms with Crippen LogP contribution in [0.1, 0.15) is 24.0 Å². The van der Waals surface area contributed by atoms with Crippen molar-refractivity contribution in [2.45, 2.75) is 31.6 Å². The Kier molecular flexibility index (Phi) is 6.84. The molecule has 0 saturated carbocycles. The Bertz CT molecular complexity index is 1040. The van der Waals surface area contributed by atoms with E-state index in [0.29, 0.717) is 37.4 Å². The standard InChI is InChI=1S/C22H27N3O5S/c1-15-11-16(2)13-18(12-15)24-31(28,29)20-5-3-19(4-6-20)30-14-21(26)25-9-7-17(8-10-25)22(23)27/h3-6,11-13,17,24H,7-10,14H2,1-2H3,(H2,23,27). The summed E-state index contributed by atoms with van der Waals surface area (Å²) in [5.74, 6) is -0.302. The molecule has 3 N–H and O–H groups in total. The van der Waals surface area contributed by atoms with Crippen molar-refractivity contribution in [2.24, 2.45) is 11.7 Å². The minimum Gasteiger partial charge on any atom is -0.484 e. The van der Waals surface area contributed by atoms with Crippen LogP contribution in [-0.4, -0.2) is 44.8 Å². The van der Waals surface area contributed by atoms with Crippen molar-refractivity contribution >= 4 is 27.5 Å². The maximum atomic E-state index is 12.6. The number of anilines is 1. The van der Waals surface area contributed by atoms with Gasteiger partial charge in [-0.2, -0.15) is 0 Å². The number of amides is 2. The molecule has 0 radical (unpaired) electrons. The van der Waals surface area contributed by atoms with E-state index in [9.17, 15) is 18.0 Å². The largest absolute Gasteiger partial charge is 0.484 e. The molecule has 0 unspecified atom stereocenters. The Balaban J connectivity index is 1.56. The number of aryl methyl sites for hydroxylation is 2. The van der Waals surface area contributed by atoms with E-state index in [1.807, 2.05) is 19.9 Å². The van der Waals surface area contributed by atoms with E-state index in [2.05, 4.69) is 4.72 Å². The molecule has 0 aliphatic carbocycles. The van der Waals surface area contributed by atoms with Crippen molar-refractivity contribution < 1.29 is 22.7 Å². The molecule has 1 saturated heterocycles. The number of carbonyl (C=O) groups excluding carboxylic acids is 2. The molecule has 0 aromatic heterocycles. The lowest BCUT2D eigenvalue weighted by atomic mass is 9.96. The molecule has 1 aliphatic rings. The molecular formula is C22H27N3O5S. The van der Waals surface area contributed by atoms with Gasteiger partial charge in [0.1, 0.15) is 5.75 Å². The van der Waals surface area contributed by atoms with Gasteiger partial charge in [-0.3, -0.25) is 14.3 Å². The number of benzene rings is 2. The zero-order valence-electron chi connectivity index (χ0n) is 17.6. The topological polar surface area (TPSA) is 119 Å². The summed E-state index contributed by atoms with van der Waals surface area (Å²) >= 11 is 0. The number of hydrogen-bond acceptors (Lipinski definition) is 5. The molecule has 8 nitrogen and oxygen atoms in total. The van der Waals surface area contributed by atoms with Crippen LogP contribution in [-0.2, 0) is 19.6 Å². The van der Waals surface area contributed by atoms with Crippen LogP contribution in [0.15, 0.2) is 47.4 Å². The lowest BCUT2D eigenvalue weighted by Gasteiger charge is -2.30. The normalized spacial score (nSPS) is 14.8. The van der Waals surface area contributed by atoms with E-state index in [1.165, 1.54) is 24.3 Å². The van der Waals surface area contributed by atoms with Crippen LogP contribution >= 0.6 is 0 Å². The molecule has 0 bridgehead atoms. The molecule has 0 atom stereocenters. The Hall–Kier alpha value is -3.07. The first-order valence-electron chi connectivity index (χ1n) is 10.0. The van der Waals surface area contributed by atoms with Crippen molar-refractivity contribution in [2.75, 3.05) is 24.4 Å². The summed E-state index contributed by atoms with van der Waals surface area (Å²) < 4.78 is 33.4. The van der Waals surface area contributed by atoms with Crippen molar-refractivity contribution in [1.29, 1.82) is 0 Å². The predicted octanol–water partition coefficient (Wildman–Crippen LogP) is 2.21. The Morgan fingerprint density at radius 1 is 1.06 bits per heavy atom. The SMILES string of the molecule is Cc1cc(C)cc(NS(=O)(=O)c2ccc(OCC(=O)N3CCC(C(N)=O)CC3)cc2)c1. The first-order chi connectivity index (χ1) is 14.6. The third-order valence-electron chi connectivity index (χ3n) is 5.22. The van der Waals surface area contributed by atoms with Gasteiger partial charge in [0.2, 0.25) is 5.91 Å². The Morgan fingerprint density at radius 2 is 1.65 bits per heavy atom. The van der Waals surface area contributed by atoms with Gasteiger partial charge >= 0.3 is 0 Å². The minimum absolute atomic E-state index is 0.0962. The molecule has 2 aromatic rings. The van der Waals surface area contributed by atoms with E-state index in [-0.39, 0.29) is 29.2 Å². The number of nitrogens with one attached hydrogen (secondary N) is 1. The summed E-state index contributed by atoms with van der Waals surface area (Å²) in [5, 5.41) is 0. The number of rotatable bonds is 7. The first kappa shape index (κ1) is 22.6. The molecule has 1 fully saturated rings. The highest BCUT2D eigenvalue weighted by molar-refractivity contribution is 7.92. The van der Waals surface area contributed by atoms with E-state index >= 15 is 0 Å². The predicted molar refractivity (Wildman–Crippen MR) is 117 cm³/mol. The maximum Gasteiger partial charge on any atom is 0.261 e. The average molecular weight is 446 g/mol. The number of carbonyl (C=O) groups is 2. The van der Waals surface area contributed by atoms with Crippen molar-refractivity contribution in [3.63, 3.8) is 0 Å². The van der Waals surface area contributed by atoms with Gasteiger partial charge in [-0.1, -0.05) is 6.07 Å². The van der Waals surface area contributed by atoms with Crippen molar-refractivity contribution in [3.05, 3.63) is 53.6 Å². The van der Waals surface area contributed by atoms with Crippen LogP contribution in [0.4, 0.5) is 5.69 Å². The maximum absolute atomic E-state index is 12.6. The van der Waals surface area contributed by atoms with Crippen LogP contribution in [0.5, 0.6) is 5.75 Å². The molecule has 9 heteroatoms. The second-order valence-electron chi connectivity index (χ2n) is 7.80. The van der Waals surface area contributed by atoms with Gasteiger partial charge in [0.15, 0.2) is 6.61 Å². The van der Waals surface area contributed by atoms with Gasteiger partial charge in [0.25, 0.3) is 15.9 Å². The Morgan fingerprint density at radius 3 is 2.19 bits per heavy atom. The summed E-state index contributed by atoms with van der Waals surface area (Å²) in [4.78, 5) is 25.3. The molecular weight excluding hydrogens is 418 g/mol. The second kappa shape index (κ2) is 9.38. The lowest BCUT2D eigenvalue weighted by molar-refractivity contribution is -0.136. The van der Waals surface area contributed by atoms with E-state index in [4.69, 9.17) is 10.5 Å². The third kappa shape index (κ3) is 5.97. The van der Waals surface area contributed by atoms with Gasteiger partial charge in [0, 0.05) is 24.7 Å². The van der Waals surface area contributed by atoms with Gasteiger partial charge < -0.3 is 15.4 Å². The third-order valence-corrected chi connectivity index (χ3v) is 6.62. The molecule has 3 rings (SSSR count). The molecule has 0 spiro atoms. The average Bonchev–Trinajstić information content (AvgIpc) is 2.71. The van der Waals surface area contributed by atoms with Gasteiger partial charge in [-0.05, 0) is 74.2 Å².